The van der Waals surface area contributed by atoms with Gasteiger partial charge in [0.2, 0.25) is 5.88 Å². The maximum atomic E-state index is 6.10. The van der Waals surface area contributed by atoms with Gasteiger partial charge in [-0.3, -0.25) is 0 Å². The molecule has 3 aromatic rings. The standard InChI is InChI=1S/C28H31NO2/c1-4-21-28(5-2,23-17-19-25(20-18-23)30-6-3)22-11-13-24-12-10-16-27(29-24)31-26-14-8-7-9-15-26/h2,7-10,12,14-20H,4,6,11,13,21-22H2,1,3H3. The van der Waals surface area contributed by atoms with Gasteiger partial charge >= 0.3 is 0 Å². The predicted molar refractivity (Wildman–Crippen MR) is 127 cm³/mol. The molecule has 0 amide bonds. The summed E-state index contributed by atoms with van der Waals surface area (Å²) in [6.45, 7) is 4.84. The molecule has 0 saturated carbocycles. The minimum Gasteiger partial charge on any atom is -0.494 e. The Balaban J connectivity index is 1.67. The first-order chi connectivity index (χ1) is 15.2. The van der Waals surface area contributed by atoms with Crippen molar-refractivity contribution >= 4 is 0 Å². The van der Waals surface area contributed by atoms with E-state index in [2.05, 4.69) is 30.0 Å². The summed E-state index contributed by atoms with van der Waals surface area (Å²) in [6.07, 6.45) is 10.8. The quantitative estimate of drug-likeness (QED) is 0.318. The minimum atomic E-state index is -0.266. The molecule has 2 aromatic carbocycles. The summed E-state index contributed by atoms with van der Waals surface area (Å²) in [4.78, 5) is 4.67. The highest BCUT2D eigenvalue weighted by atomic mass is 16.5. The average Bonchev–Trinajstić information content (AvgIpc) is 2.80. The van der Waals surface area contributed by atoms with Crippen LogP contribution in [-0.2, 0) is 11.8 Å². The Morgan fingerprint density at radius 1 is 0.871 bits per heavy atom. The highest BCUT2D eigenvalue weighted by molar-refractivity contribution is 5.38. The second kappa shape index (κ2) is 11.2. The molecule has 3 heteroatoms. The molecule has 0 aliphatic heterocycles. The fraction of sp³-hybridized carbons (Fsp3) is 0.321. The second-order valence-corrected chi connectivity index (χ2v) is 7.67. The van der Waals surface area contributed by atoms with Gasteiger partial charge in [0.05, 0.1) is 12.0 Å². The van der Waals surface area contributed by atoms with Crippen molar-refractivity contribution in [1.29, 1.82) is 0 Å². The van der Waals surface area contributed by atoms with Gasteiger partial charge in [0, 0.05) is 11.8 Å². The van der Waals surface area contributed by atoms with Crippen LogP contribution in [-0.4, -0.2) is 11.6 Å². The van der Waals surface area contributed by atoms with Gasteiger partial charge in [-0.05, 0) is 68.5 Å². The first-order valence-corrected chi connectivity index (χ1v) is 11.1. The van der Waals surface area contributed by atoms with Crippen molar-refractivity contribution in [3.63, 3.8) is 0 Å². The Labute approximate surface area is 186 Å². The van der Waals surface area contributed by atoms with E-state index in [4.69, 9.17) is 15.9 Å². The molecule has 1 aromatic heterocycles. The molecule has 0 saturated heterocycles. The van der Waals surface area contributed by atoms with Crippen molar-refractivity contribution in [2.75, 3.05) is 6.61 Å². The van der Waals surface area contributed by atoms with Gasteiger partial charge in [0.15, 0.2) is 0 Å². The molecule has 3 rings (SSSR count). The maximum absolute atomic E-state index is 6.10. The molecule has 160 valence electrons. The van der Waals surface area contributed by atoms with Crippen LogP contribution in [0.15, 0.2) is 72.8 Å². The Bertz CT molecular complexity index is 976. The first-order valence-electron chi connectivity index (χ1n) is 11.1. The van der Waals surface area contributed by atoms with Crippen LogP contribution in [0.4, 0.5) is 0 Å². The van der Waals surface area contributed by atoms with Gasteiger partial charge in [-0.25, -0.2) is 4.98 Å². The number of hydrogen-bond donors (Lipinski definition) is 0. The highest BCUT2D eigenvalue weighted by Gasteiger charge is 2.28. The Kier molecular flexibility index (Phi) is 8.12. The molecule has 1 unspecified atom stereocenters. The zero-order chi connectivity index (χ0) is 21.9. The fourth-order valence-electron chi connectivity index (χ4n) is 3.94. The fourth-order valence-corrected chi connectivity index (χ4v) is 3.94. The third kappa shape index (κ3) is 6.12. The number of terminal acetylenes is 1. The van der Waals surface area contributed by atoms with Gasteiger partial charge in [-0.2, -0.15) is 0 Å². The Morgan fingerprint density at radius 3 is 2.32 bits per heavy atom. The lowest BCUT2D eigenvalue weighted by Gasteiger charge is -2.29. The van der Waals surface area contributed by atoms with Crippen LogP contribution in [0.2, 0.25) is 0 Å². The molecular formula is C28H31NO2. The largest absolute Gasteiger partial charge is 0.494 e. The van der Waals surface area contributed by atoms with Crippen LogP contribution >= 0.6 is 0 Å². The van der Waals surface area contributed by atoms with E-state index in [1.54, 1.807) is 0 Å². The molecule has 0 aliphatic carbocycles. The molecule has 0 aliphatic rings. The predicted octanol–water partition coefficient (Wildman–Crippen LogP) is 6.97. The van der Waals surface area contributed by atoms with Crippen molar-refractivity contribution in [2.24, 2.45) is 0 Å². The van der Waals surface area contributed by atoms with E-state index in [1.807, 2.05) is 67.6 Å². The van der Waals surface area contributed by atoms with Crippen LogP contribution in [0, 0.1) is 12.3 Å². The van der Waals surface area contributed by atoms with Crippen molar-refractivity contribution in [2.45, 2.75) is 51.4 Å². The number of benzene rings is 2. The number of rotatable bonds is 11. The lowest BCUT2D eigenvalue weighted by molar-refractivity contribution is 0.339. The number of ether oxygens (including phenoxy) is 2. The SMILES string of the molecule is C#CC(CCC)(CCCc1cccc(Oc2ccccc2)n1)c1ccc(OCC)cc1. The molecular weight excluding hydrogens is 382 g/mol. The summed E-state index contributed by atoms with van der Waals surface area (Å²) in [5.41, 5.74) is 1.94. The minimum absolute atomic E-state index is 0.266. The maximum Gasteiger partial charge on any atom is 0.219 e. The lowest BCUT2D eigenvalue weighted by atomic mass is 9.73. The van der Waals surface area contributed by atoms with Crippen molar-refractivity contribution in [3.05, 3.63) is 84.1 Å². The topological polar surface area (TPSA) is 31.4 Å². The van der Waals surface area contributed by atoms with E-state index < -0.39 is 0 Å². The van der Waals surface area contributed by atoms with E-state index in [9.17, 15) is 0 Å². The summed E-state index contributed by atoms with van der Waals surface area (Å²) >= 11 is 0. The first kappa shape index (κ1) is 22.4. The normalized spacial score (nSPS) is 12.5. The molecule has 1 heterocycles. The molecule has 0 fully saturated rings. The molecule has 0 N–H and O–H groups in total. The Morgan fingerprint density at radius 2 is 1.65 bits per heavy atom. The van der Waals surface area contributed by atoms with E-state index >= 15 is 0 Å². The summed E-state index contributed by atoms with van der Waals surface area (Å²) in [5.74, 6) is 5.42. The van der Waals surface area contributed by atoms with Gasteiger partial charge in [-0.1, -0.05) is 55.7 Å². The van der Waals surface area contributed by atoms with E-state index in [-0.39, 0.29) is 5.41 Å². The number of nitrogens with zero attached hydrogens (tertiary/aromatic N) is 1. The molecule has 0 bridgehead atoms. The van der Waals surface area contributed by atoms with Gasteiger partial charge in [-0.15, -0.1) is 6.42 Å². The molecule has 1 atom stereocenters. The number of para-hydroxylation sites is 1. The average molecular weight is 414 g/mol. The molecule has 0 radical (unpaired) electrons. The van der Waals surface area contributed by atoms with Crippen molar-refractivity contribution < 1.29 is 9.47 Å². The number of aryl methyl sites for hydroxylation is 1. The van der Waals surface area contributed by atoms with Crippen LogP contribution in [0.5, 0.6) is 17.4 Å². The number of aromatic nitrogens is 1. The van der Waals surface area contributed by atoms with Gasteiger partial charge in [0.25, 0.3) is 0 Å². The van der Waals surface area contributed by atoms with E-state index in [0.29, 0.717) is 12.5 Å². The third-order valence-corrected chi connectivity index (χ3v) is 5.45. The summed E-state index contributed by atoms with van der Waals surface area (Å²) in [7, 11) is 0. The van der Waals surface area contributed by atoms with Crippen LogP contribution in [0.3, 0.4) is 0 Å². The van der Waals surface area contributed by atoms with Gasteiger partial charge in [0.1, 0.15) is 11.5 Å². The summed E-state index contributed by atoms with van der Waals surface area (Å²) in [6, 6.07) is 23.9. The molecule has 31 heavy (non-hydrogen) atoms. The third-order valence-electron chi connectivity index (χ3n) is 5.45. The monoisotopic (exact) mass is 413 g/mol. The second-order valence-electron chi connectivity index (χ2n) is 7.67. The van der Waals surface area contributed by atoms with E-state index in [1.165, 1.54) is 5.56 Å². The smallest absolute Gasteiger partial charge is 0.219 e. The van der Waals surface area contributed by atoms with Crippen LogP contribution in [0.25, 0.3) is 0 Å². The molecule has 3 nitrogen and oxygen atoms in total. The lowest BCUT2D eigenvalue weighted by Crippen LogP contribution is -2.24. The molecule has 0 spiro atoms. The van der Waals surface area contributed by atoms with Crippen molar-refractivity contribution in [1.82, 2.24) is 4.98 Å². The summed E-state index contributed by atoms with van der Waals surface area (Å²) in [5, 5.41) is 0. The summed E-state index contributed by atoms with van der Waals surface area (Å²) < 4.78 is 11.5. The Hall–Kier alpha value is -3.25. The van der Waals surface area contributed by atoms with Gasteiger partial charge < -0.3 is 9.47 Å². The zero-order valence-electron chi connectivity index (χ0n) is 18.5. The van der Waals surface area contributed by atoms with Crippen molar-refractivity contribution in [3.8, 4) is 29.7 Å². The number of pyridine rings is 1. The van der Waals surface area contributed by atoms with Crippen LogP contribution in [0.1, 0.15) is 50.8 Å². The zero-order valence-corrected chi connectivity index (χ0v) is 18.5. The highest BCUT2D eigenvalue weighted by Crippen LogP contribution is 2.35. The number of hydrogen-bond acceptors (Lipinski definition) is 3. The van der Waals surface area contributed by atoms with Crippen LogP contribution < -0.4 is 9.47 Å². The van der Waals surface area contributed by atoms with E-state index in [0.717, 1.165) is 49.3 Å².